The second-order valence-corrected chi connectivity index (χ2v) is 14.0. The SMILES string of the molecule is c1ccc(-c2nc(-c3ccccc3)nc(-c3ccc(-c4c5nc(-c6ccccc6)oc5cc5sc6ccccc6c45)c4oc5ccccc5c34)n2)cc1. The number of aromatic nitrogens is 4. The Hall–Kier alpha value is -6.96. The van der Waals surface area contributed by atoms with E-state index in [2.05, 4.69) is 48.5 Å². The van der Waals surface area contributed by atoms with Crippen molar-refractivity contribution in [3.05, 3.63) is 158 Å². The number of oxazole rings is 1. The fraction of sp³-hybridized carbons (Fsp3) is 0. The van der Waals surface area contributed by atoms with Crippen molar-refractivity contribution in [2.75, 3.05) is 0 Å². The quantitative estimate of drug-likeness (QED) is 0.178. The first kappa shape index (κ1) is 29.7. The van der Waals surface area contributed by atoms with E-state index < -0.39 is 0 Å². The van der Waals surface area contributed by atoms with Gasteiger partial charge in [0.1, 0.15) is 16.7 Å². The number of furan rings is 1. The molecular weight excluding hydrogens is 673 g/mol. The maximum atomic E-state index is 6.88. The van der Waals surface area contributed by atoms with E-state index >= 15 is 0 Å². The number of benzene rings is 7. The standard InChI is InChI=1S/C46H26N4O2S/c1-4-14-27(15-5-1)43-48-44(28-16-6-2-7-17-28)50-45(49-43)33-25-24-32(42-38(33)30-20-10-12-22-34(30)51-42)40-39-31-21-11-13-23-36(31)53-37(39)26-35-41(40)47-46(52-35)29-18-8-3-9-19-29/h1-26H. The molecule has 11 aromatic rings. The summed E-state index contributed by atoms with van der Waals surface area (Å²) < 4.78 is 15.7. The molecule has 0 unspecified atom stereocenters. The van der Waals surface area contributed by atoms with E-state index in [0.29, 0.717) is 23.4 Å². The van der Waals surface area contributed by atoms with Gasteiger partial charge in [-0.05, 0) is 36.4 Å². The highest BCUT2D eigenvalue weighted by Crippen LogP contribution is 2.49. The first-order valence-corrected chi connectivity index (χ1v) is 18.2. The first-order chi connectivity index (χ1) is 26.3. The number of rotatable bonds is 5. The lowest BCUT2D eigenvalue weighted by Crippen LogP contribution is -2.00. The van der Waals surface area contributed by atoms with Gasteiger partial charge in [0.15, 0.2) is 23.1 Å². The third kappa shape index (κ3) is 4.79. The second kappa shape index (κ2) is 11.8. The van der Waals surface area contributed by atoms with E-state index in [-0.39, 0.29) is 0 Å². The maximum Gasteiger partial charge on any atom is 0.227 e. The highest BCUT2D eigenvalue weighted by molar-refractivity contribution is 7.26. The molecule has 11 rings (SSSR count). The van der Waals surface area contributed by atoms with Crippen LogP contribution in [-0.4, -0.2) is 19.9 Å². The number of hydrogen-bond acceptors (Lipinski definition) is 7. The van der Waals surface area contributed by atoms with E-state index in [1.165, 1.54) is 10.1 Å². The molecule has 4 aromatic heterocycles. The molecule has 7 aromatic carbocycles. The minimum atomic E-state index is 0.568. The van der Waals surface area contributed by atoms with Crippen molar-refractivity contribution in [2.24, 2.45) is 0 Å². The van der Waals surface area contributed by atoms with Crippen LogP contribution in [0.25, 0.3) is 110 Å². The molecule has 0 amide bonds. The first-order valence-electron chi connectivity index (χ1n) is 17.4. The Bertz CT molecular complexity index is 3110. The Labute approximate surface area is 306 Å². The summed E-state index contributed by atoms with van der Waals surface area (Å²) in [7, 11) is 0. The van der Waals surface area contributed by atoms with E-state index in [0.717, 1.165) is 76.5 Å². The number of thiophene rings is 1. The minimum Gasteiger partial charge on any atom is -0.455 e. The Balaban J connectivity index is 1.24. The van der Waals surface area contributed by atoms with Crippen molar-refractivity contribution in [1.29, 1.82) is 0 Å². The van der Waals surface area contributed by atoms with Gasteiger partial charge in [0.2, 0.25) is 5.89 Å². The average Bonchev–Trinajstić information content (AvgIpc) is 3.94. The van der Waals surface area contributed by atoms with Crippen molar-refractivity contribution in [1.82, 2.24) is 19.9 Å². The molecule has 0 N–H and O–H groups in total. The van der Waals surface area contributed by atoms with Crippen LogP contribution in [0.1, 0.15) is 0 Å². The predicted octanol–water partition coefficient (Wildman–Crippen LogP) is 12.6. The molecule has 53 heavy (non-hydrogen) atoms. The summed E-state index contributed by atoms with van der Waals surface area (Å²) in [5.41, 5.74) is 8.53. The third-order valence-corrected chi connectivity index (χ3v) is 10.9. The van der Waals surface area contributed by atoms with Crippen molar-refractivity contribution in [2.45, 2.75) is 0 Å². The van der Waals surface area contributed by atoms with Crippen molar-refractivity contribution >= 4 is 64.5 Å². The summed E-state index contributed by atoms with van der Waals surface area (Å²) in [6.07, 6.45) is 0. The number of para-hydroxylation sites is 1. The summed E-state index contributed by atoms with van der Waals surface area (Å²) in [5, 5.41) is 4.20. The zero-order valence-corrected chi connectivity index (χ0v) is 28.8. The van der Waals surface area contributed by atoms with Crippen LogP contribution in [-0.2, 0) is 0 Å². The molecule has 4 heterocycles. The molecule has 0 fully saturated rings. The Morgan fingerprint density at radius 3 is 1.72 bits per heavy atom. The van der Waals surface area contributed by atoms with Crippen LogP contribution in [0, 0.1) is 0 Å². The monoisotopic (exact) mass is 698 g/mol. The second-order valence-electron chi connectivity index (χ2n) is 13.0. The van der Waals surface area contributed by atoms with Gasteiger partial charge in [-0.25, -0.2) is 19.9 Å². The molecule has 0 radical (unpaired) electrons. The fourth-order valence-corrected chi connectivity index (χ4v) is 8.52. The van der Waals surface area contributed by atoms with E-state index in [1.54, 1.807) is 11.3 Å². The maximum absolute atomic E-state index is 6.88. The molecule has 0 saturated heterocycles. The van der Waals surface area contributed by atoms with Crippen molar-refractivity contribution in [3.8, 4) is 56.7 Å². The Kier molecular flexibility index (Phi) is 6.62. The highest BCUT2D eigenvalue weighted by atomic mass is 32.1. The van der Waals surface area contributed by atoms with Gasteiger partial charge >= 0.3 is 0 Å². The van der Waals surface area contributed by atoms with Crippen LogP contribution in [0.3, 0.4) is 0 Å². The minimum absolute atomic E-state index is 0.568. The normalized spacial score (nSPS) is 11.8. The molecule has 0 bridgehead atoms. The lowest BCUT2D eigenvalue weighted by Gasteiger charge is -2.11. The van der Waals surface area contributed by atoms with Gasteiger partial charge in [0.05, 0.1) is 0 Å². The van der Waals surface area contributed by atoms with E-state index in [9.17, 15) is 0 Å². The van der Waals surface area contributed by atoms with Crippen molar-refractivity contribution < 1.29 is 8.83 Å². The molecule has 0 spiro atoms. The zero-order chi connectivity index (χ0) is 34.9. The molecular formula is C46H26N4O2S. The molecule has 0 aliphatic rings. The Morgan fingerprint density at radius 2 is 1.00 bits per heavy atom. The third-order valence-electron chi connectivity index (χ3n) is 9.78. The van der Waals surface area contributed by atoms with Crippen LogP contribution >= 0.6 is 11.3 Å². The van der Waals surface area contributed by atoms with E-state index in [4.69, 9.17) is 28.8 Å². The lowest BCUT2D eigenvalue weighted by atomic mass is 9.94. The van der Waals surface area contributed by atoms with Crippen LogP contribution in [0.15, 0.2) is 167 Å². The summed E-state index contributed by atoms with van der Waals surface area (Å²) in [4.78, 5) is 20.4. The smallest absolute Gasteiger partial charge is 0.227 e. The molecule has 248 valence electrons. The molecule has 6 nitrogen and oxygen atoms in total. The van der Waals surface area contributed by atoms with Gasteiger partial charge in [0, 0.05) is 70.4 Å². The predicted molar refractivity (Wildman–Crippen MR) is 215 cm³/mol. The molecule has 0 aliphatic carbocycles. The zero-order valence-electron chi connectivity index (χ0n) is 28.0. The van der Waals surface area contributed by atoms with Gasteiger partial charge in [0.25, 0.3) is 0 Å². The molecule has 7 heteroatoms. The number of nitrogens with zero attached hydrogens (tertiary/aromatic N) is 4. The lowest BCUT2D eigenvalue weighted by molar-refractivity contribution is 0.620. The summed E-state index contributed by atoms with van der Waals surface area (Å²) >= 11 is 1.75. The fourth-order valence-electron chi connectivity index (χ4n) is 7.38. The average molecular weight is 699 g/mol. The van der Waals surface area contributed by atoms with Gasteiger partial charge in [-0.1, -0.05) is 115 Å². The summed E-state index contributed by atoms with van der Waals surface area (Å²) in [6.45, 7) is 0. The summed E-state index contributed by atoms with van der Waals surface area (Å²) in [5.74, 6) is 2.35. The topological polar surface area (TPSA) is 77.8 Å². The van der Waals surface area contributed by atoms with E-state index in [1.807, 2.05) is 109 Å². The van der Waals surface area contributed by atoms with Crippen molar-refractivity contribution in [3.63, 3.8) is 0 Å². The van der Waals surface area contributed by atoms with Crippen LogP contribution < -0.4 is 0 Å². The summed E-state index contributed by atoms with van der Waals surface area (Å²) in [6, 6.07) is 53.2. The number of fused-ring (bicyclic) bond motifs is 7. The molecule has 0 aliphatic heterocycles. The molecule has 0 atom stereocenters. The molecule has 0 saturated carbocycles. The van der Waals surface area contributed by atoms with Gasteiger partial charge in [-0.15, -0.1) is 11.3 Å². The van der Waals surface area contributed by atoms with Crippen LogP contribution in [0.4, 0.5) is 0 Å². The van der Waals surface area contributed by atoms with Gasteiger partial charge < -0.3 is 8.83 Å². The van der Waals surface area contributed by atoms with Gasteiger partial charge in [-0.3, -0.25) is 0 Å². The Morgan fingerprint density at radius 1 is 0.415 bits per heavy atom. The van der Waals surface area contributed by atoms with Gasteiger partial charge in [-0.2, -0.15) is 0 Å². The largest absolute Gasteiger partial charge is 0.455 e. The van der Waals surface area contributed by atoms with Crippen LogP contribution in [0.5, 0.6) is 0 Å². The highest BCUT2D eigenvalue weighted by Gasteiger charge is 2.26. The van der Waals surface area contributed by atoms with Crippen LogP contribution in [0.2, 0.25) is 0 Å². The number of hydrogen-bond donors (Lipinski definition) is 0.